The van der Waals surface area contributed by atoms with Crippen molar-refractivity contribution < 1.29 is 4.98 Å². The van der Waals surface area contributed by atoms with E-state index in [1.807, 2.05) is 0 Å². The fourth-order valence-electron chi connectivity index (χ4n) is 0.612. The first-order valence-electron chi connectivity index (χ1n) is 2.73. The number of H-pyrrole nitrogens is 1. The van der Waals surface area contributed by atoms with Crippen LogP contribution in [0.3, 0.4) is 0 Å². The van der Waals surface area contributed by atoms with Gasteiger partial charge in [-0.3, -0.25) is 0 Å². The van der Waals surface area contributed by atoms with E-state index in [0.717, 1.165) is 0 Å². The van der Waals surface area contributed by atoms with Gasteiger partial charge in [0.1, 0.15) is 11.4 Å². The highest BCUT2D eigenvalue weighted by atomic mass is 15.0. The number of anilines is 4. The minimum atomic E-state index is 0.340. The second kappa shape index (κ2) is 1.94. The number of aromatic amines is 1. The third-order valence-electron chi connectivity index (χ3n) is 1.20. The lowest BCUT2D eigenvalue weighted by Crippen LogP contribution is -2.19. The zero-order valence-corrected chi connectivity index (χ0v) is 5.39. The molecule has 0 amide bonds. The Labute approximate surface area is 58.0 Å². The molecular formula is C5H10N5+. The van der Waals surface area contributed by atoms with E-state index in [-0.39, 0.29) is 0 Å². The van der Waals surface area contributed by atoms with Crippen LogP contribution in [0.15, 0.2) is 6.07 Å². The van der Waals surface area contributed by atoms with Gasteiger partial charge in [-0.1, -0.05) is 0 Å². The van der Waals surface area contributed by atoms with E-state index in [2.05, 4.69) is 4.98 Å². The number of nitrogen functional groups attached to an aromatic ring is 4. The van der Waals surface area contributed by atoms with Crippen LogP contribution in [0.2, 0.25) is 0 Å². The molecule has 0 aromatic carbocycles. The van der Waals surface area contributed by atoms with Crippen LogP contribution in [0.4, 0.5) is 23.0 Å². The third kappa shape index (κ3) is 0.883. The van der Waals surface area contributed by atoms with Gasteiger partial charge in [-0.2, -0.15) is 0 Å². The molecule has 0 atom stereocenters. The van der Waals surface area contributed by atoms with Gasteiger partial charge in [-0.15, -0.1) is 0 Å². The molecule has 0 fully saturated rings. The smallest absolute Gasteiger partial charge is 0.240 e. The van der Waals surface area contributed by atoms with E-state index < -0.39 is 0 Å². The van der Waals surface area contributed by atoms with Gasteiger partial charge in [0.15, 0.2) is 0 Å². The quantitative estimate of drug-likeness (QED) is 0.363. The number of rotatable bonds is 0. The SMILES string of the molecule is Nc1cc(N)c(N)[nH+]c1N. The van der Waals surface area contributed by atoms with Gasteiger partial charge in [-0.05, 0) is 6.07 Å². The predicted octanol–water partition coefficient (Wildman–Crippen LogP) is -1.17. The van der Waals surface area contributed by atoms with Crippen LogP contribution < -0.4 is 27.9 Å². The van der Waals surface area contributed by atoms with Crippen LogP contribution in [0, 0.1) is 0 Å². The number of hydrogen-bond donors (Lipinski definition) is 4. The molecule has 0 aliphatic rings. The maximum Gasteiger partial charge on any atom is 0.240 e. The summed E-state index contributed by atoms with van der Waals surface area (Å²) in [4.78, 5) is 2.61. The summed E-state index contributed by atoms with van der Waals surface area (Å²) < 4.78 is 0. The van der Waals surface area contributed by atoms with Crippen LogP contribution in [0.1, 0.15) is 0 Å². The first-order chi connectivity index (χ1) is 4.61. The molecule has 0 spiro atoms. The van der Waals surface area contributed by atoms with Crippen molar-refractivity contribution in [2.45, 2.75) is 0 Å². The normalized spacial score (nSPS) is 9.60. The van der Waals surface area contributed by atoms with Crippen LogP contribution in [-0.4, -0.2) is 0 Å². The maximum absolute atomic E-state index is 5.40. The Morgan fingerprint density at radius 1 is 0.900 bits per heavy atom. The van der Waals surface area contributed by atoms with E-state index >= 15 is 0 Å². The summed E-state index contributed by atoms with van der Waals surface area (Å²) in [6.45, 7) is 0. The average molecular weight is 140 g/mol. The molecule has 54 valence electrons. The number of pyridine rings is 1. The van der Waals surface area contributed by atoms with Gasteiger partial charge in [0.05, 0.1) is 0 Å². The minimum absolute atomic E-state index is 0.340. The molecule has 1 aromatic heterocycles. The molecule has 5 heteroatoms. The van der Waals surface area contributed by atoms with Gasteiger partial charge >= 0.3 is 0 Å². The van der Waals surface area contributed by atoms with E-state index in [0.29, 0.717) is 23.0 Å². The highest BCUT2D eigenvalue weighted by Gasteiger charge is 2.04. The van der Waals surface area contributed by atoms with E-state index in [4.69, 9.17) is 22.9 Å². The summed E-state index contributed by atoms with van der Waals surface area (Å²) in [5.41, 5.74) is 22.4. The third-order valence-corrected chi connectivity index (χ3v) is 1.20. The Hall–Kier alpha value is -1.65. The van der Waals surface area contributed by atoms with Gasteiger partial charge < -0.3 is 22.9 Å². The molecule has 0 radical (unpaired) electrons. The first-order valence-corrected chi connectivity index (χ1v) is 2.73. The van der Waals surface area contributed by atoms with Crippen molar-refractivity contribution in [3.63, 3.8) is 0 Å². The largest absolute Gasteiger partial charge is 0.393 e. The molecule has 1 aromatic rings. The van der Waals surface area contributed by atoms with Gasteiger partial charge in [0.2, 0.25) is 11.6 Å². The summed E-state index contributed by atoms with van der Waals surface area (Å²) in [6.07, 6.45) is 0. The molecule has 0 unspecified atom stereocenters. The van der Waals surface area contributed by atoms with Crippen molar-refractivity contribution in [1.82, 2.24) is 0 Å². The second-order valence-corrected chi connectivity index (χ2v) is 2.01. The highest BCUT2D eigenvalue weighted by molar-refractivity contribution is 5.67. The number of aromatic nitrogens is 1. The Kier molecular flexibility index (Phi) is 1.26. The molecular weight excluding hydrogens is 130 g/mol. The number of nitrogens with two attached hydrogens (primary N) is 4. The minimum Gasteiger partial charge on any atom is -0.393 e. The van der Waals surface area contributed by atoms with Crippen LogP contribution in [-0.2, 0) is 0 Å². The Bertz CT molecular complexity index is 206. The number of hydrogen-bond acceptors (Lipinski definition) is 4. The van der Waals surface area contributed by atoms with E-state index in [1.165, 1.54) is 6.07 Å². The van der Waals surface area contributed by atoms with Gasteiger partial charge in [0.25, 0.3) is 0 Å². The zero-order valence-electron chi connectivity index (χ0n) is 5.39. The lowest BCUT2D eigenvalue weighted by Gasteiger charge is -1.98. The average Bonchev–Trinajstić information content (AvgIpc) is 1.84. The molecule has 5 nitrogen and oxygen atoms in total. The van der Waals surface area contributed by atoms with E-state index in [9.17, 15) is 0 Å². The molecule has 0 aliphatic heterocycles. The summed E-state index contributed by atoms with van der Waals surface area (Å²) >= 11 is 0. The van der Waals surface area contributed by atoms with Crippen LogP contribution in [0.5, 0.6) is 0 Å². The number of nitrogens with one attached hydrogen (secondary N) is 1. The van der Waals surface area contributed by atoms with Crippen molar-refractivity contribution >= 4 is 23.0 Å². The standard InChI is InChI=1S/C5H9N5/c6-2-1-3(7)5(9)10-4(2)8/h1H,6-7H2,(H4,8,9,10)/p+1. The molecule has 0 bridgehead atoms. The summed E-state index contributed by atoms with van der Waals surface area (Å²) in [7, 11) is 0. The highest BCUT2D eigenvalue weighted by Crippen LogP contribution is 2.15. The molecule has 10 heavy (non-hydrogen) atoms. The summed E-state index contributed by atoms with van der Waals surface area (Å²) in [6, 6.07) is 1.52. The monoisotopic (exact) mass is 140 g/mol. The fraction of sp³-hybridized carbons (Fsp3) is 0. The maximum atomic E-state index is 5.40. The second-order valence-electron chi connectivity index (χ2n) is 2.01. The summed E-state index contributed by atoms with van der Waals surface area (Å²) in [5.74, 6) is 0.679. The van der Waals surface area contributed by atoms with Gasteiger partial charge in [-0.25, -0.2) is 4.98 Å². The van der Waals surface area contributed by atoms with Gasteiger partial charge in [0, 0.05) is 0 Å². The fourth-order valence-corrected chi connectivity index (χ4v) is 0.612. The van der Waals surface area contributed by atoms with Crippen molar-refractivity contribution in [2.24, 2.45) is 0 Å². The van der Waals surface area contributed by atoms with Crippen molar-refractivity contribution in [1.29, 1.82) is 0 Å². The zero-order chi connectivity index (χ0) is 7.72. The van der Waals surface area contributed by atoms with Crippen molar-refractivity contribution in [3.8, 4) is 0 Å². The molecule has 1 rings (SSSR count). The Morgan fingerprint density at radius 2 is 1.30 bits per heavy atom. The van der Waals surface area contributed by atoms with Crippen molar-refractivity contribution in [2.75, 3.05) is 22.9 Å². The Morgan fingerprint density at radius 3 is 1.60 bits per heavy atom. The molecule has 0 saturated heterocycles. The van der Waals surface area contributed by atoms with E-state index in [1.54, 1.807) is 0 Å². The Balaban J connectivity index is 3.28. The van der Waals surface area contributed by atoms with Crippen LogP contribution >= 0.6 is 0 Å². The lowest BCUT2D eigenvalue weighted by atomic mass is 10.3. The molecule has 0 aliphatic carbocycles. The van der Waals surface area contributed by atoms with Crippen LogP contribution in [0.25, 0.3) is 0 Å². The van der Waals surface area contributed by atoms with Crippen molar-refractivity contribution in [3.05, 3.63) is 6.07 Å². The predicted molar refractivity (Wildman–Crippen MR) is 40.6 cm³/mol. The molecule has 1 heterocycles. The molecule has 0 saturated carbocycles. The lowest BCUT2D eigenvalue weighted by molar-refractivity contribution is -0.340. The summed E-state index contributed by atoms with van der Waals surface area (Å²) in [5, 5.41) is 0. The first kappa shape index (κ1) is 6.47. The molecule has 9 N–H and O–H groups in total. The topological polar surface area (TPSA) is 118 Å².